The van der Waals surface area contributed by atoms with Crippen molar-refractivity contribution in [3.05, 3.63) is 34.2 Å². The van der Waals surface area contributed by atoms with Crippen molar-refractivity contribution in [2.45, 2.75) is 18.6 Å². The summed E-state index contributed by atoms with van der Waals surface area (Å²) in [5, 5.41) is 0. The van der Waals surface area contributed by atoms with Gasteiger partial charge in [0.25, 0.3) is 0 Å². The van der Waals surface area contributed by atoms with Gasteiger partial charge in [-0.15, -0.1) is 0 Å². The highest BCUT2D eigenvalue weighted by molar-refractivity contribution is 5.75. The average Bonchev–Trinajstić information content (AvgIpc) is 2.53. The molecular formula is C10H10F3N3O. The third-order valence-electron chi connectivity index (χ3n) is 2.42. The number of hydrogen-bond donors (Lipinski definition) is 3. The maximum absolute atomic E-state index is 12.2. The van der Waals surface area contributed by atoms with Crippen molar-refractivity contribution in [3.63, 3.8) is 0 Å². The van der Waals surface area contributed by atoms with Crippen LogP contribution in [0.25, 0.3) is 11.0 Å². The minimum absolute atomic E-state index is 0.338. The Labute approximate surface area is 93.6 Å². The summed E-state index contributed by atoms with van der Waals surface area (Å²) in [6, 6.07) is 3.32. The Morgan fingerprint density at radius 1 is 1.24 bits per heavy atom. The normalized spacial score (nSPS) is 14.1. The second-order valence-corrected chi connectivity index (χ2v) is 3.81. The molecule has 0 aliphatic heterocycles. The van der Waals surface area contributed by atoms with Crippen molar-refractivity contribution < 1.29 is 13.2 Å². The van der Waals surface area contributed by atoms with Crippen molar-refractivity contribution in [2.24, 2.45) is 5.73 Å². The van der Waals surface area contributed by atoms with E-state index in [1.165, 1.54) is 18.2 Å². The van der Waals surface area contributed by atoms with Crippen LogP contribution >= 0.6 is 0 Å². The SMILES string of the molecule is NC(CC(F)(F)F)c1ccc2[nH]c(=O)[nH]c2c1. The molecule has 2 aromatic rings. The lowest BCUT2D eigenvalue weighted by Crippen LogP contribution is -2.20. The van der Waals surface area contributed by atoms with Gasteiger partial charge in [-0.3, -0.25) is 0 Å². The number of nitrogens with one attached hydrogen (secondary N) is 2. The fourth-order valence-electron chi connectivity index (χ4n) is 1.65. The van der Waals surface area contributed by atoms with E-state index >= 15 is 0 Å². The van der Waals surface area contributed by atoms with E-state index in [9.17, 15) is 18.0 Å². The Hall–Kier alpha value is -1.76. The van der Waals surface area contributed by atoms with Crippen LogP contribution < -0.4 is 11.4 Å². The number of nitrogens with two attached hydrogens (primary N) is 1. The van der Waals surface area contributed by atoms with Crippen LogP contribution in [-0.2, 0) is 0 Å². The molecule has 1 unspecified atom stereocenters. The highest BCUT2D eigenvalue weighted by Gasteiger charge is 2.30. The molecule has 1 atom stereocenters. The fraction of sp³-hybridized carbons (Fsp3) is 0.300. The zero-order valence-electron chi connectivity index (χ0n) is 8.64. The number of aromatic nitrogens is 2. The highest BCUT2D eigenvalue weighted by atomic mass is 19.4. The number of H-pyrrole nitrogens is 2. The first-order chi connectivity index (χ1) is 7.85. The number of hydrogen-bond acceptors (Lipinski definition) is 2. The molecule has 0 aliphatic carbocycles. The summed E-state index contributed by atoms with van der Waals surface area (Å²) < 4.78 is 36.5. The Morgan fingerprint density at radius 2 is 1.88 bits per heavy atom. The summed E-state index contributed by atoms with van der Waals surface area (Å²) in [4.78, 5) is 15.9. The van der Waals surface area contributed by atoms with E-state index < -0.39 is 24.3 Å². The van der Waals surface area contributed by atoms with Gasteiger partial charge in [-0.05, 0) is 17.7 Å². The maximum Gasteiger partial charge on any atom is 0.390 e. The monoisotopic (exact) mass is 245 g/mol. The summed E-state index contributed by atoms with van der Waals surface area (Å²) in [6.45, 7) is 0. The molecule has 0 spiro atoms. The summed E-state index contributed by atoms with van der Waals surface area (Å²) in [5.41, 5.74) is 6.38. The zero-order chi connectivity index (χ0) is 12.6. The molecule has 2 rings (SSSR count). The standard InChI is InChI=1S/C10H10F3N3O/c11-10(12,13)4-6(14)5-1-2-7-8(3-5)16-9(17)15-7/h1-3,6H,4,14H2,(H2,15,16,17). The van der Waals surface area contributed by atoms with E-state index in [0.717, 1.165) is 0 Å². The number of imidazole rings is 1. The molecule has 0 aliphatic rings. The quantitative estimate of drug-likeness (QED) is 0.754. The van der Waals surface area contributed by atoms with Crippen LogP contribution in [-0.4, -0.2) is 16.1 Å². The van der Waals surface area contributed by atoms with E-state index in [1.54, 1.807) is 0 Å². The summed E-state index contributed by atoms with van der Waals surface area (Å²) in [7, 11) is 0. The van der Waals surface area contributed by atoms with Gasteiger partial charge < -0.3 is 15.7 Å². The van der Waals surface area contributed by atoms with Crippen LogP contribution in [0.1, 0.15) is 18.0 Å². The molecule has 0 saturated heterocycles. The second-order valence-electron chi connectivity index (χ2n) is 3.81. The topological polar surface area (TPSA) is 74.7 Å². The molecule has 0 fully saturated rings. The predicted octanol–water partition coefficient (Wildman–Crippen LogP) is 1.81. The third kappa shape index (κ3) is 2.68. The van der Waals surface area contributed by atoms with Crippen LogP contribution in [0.3, 0.4) is 0 Å². The molecule has 1 heterocycles. The van der Waals surface area contributed by atoms with Gasteiger partial charge >= 0.3 is 11.9 Å². The fourth-order valence-corrected chi connectivity index (χ4v) is 1.65. The van der Waals surface area contributed by atoms with Gasteiger partial charge in [0.1, 0.15) is 0 Å². The lowest BCUT2D eigenvalue weighted by Gasteiger charge is -2.14. The summed E-state index contributed by atoms with van der Waals surface area (Å²) in [6.07, 6.45) is -5.40. The Balaban J connectivity index is 2.32. The van der Waals surface area contributed by atoms with Crippen molar-refractivity contribution in [1.29, 1.82) is 0 Å². The average molecular weight is 245 g/mol. The Morgan fingerprint density at radius 3 is 2.53 bits per heavy atom. The number of aromatic amines is 2. The van der Waals surface area contributed by atoms with Crippen LogP contribution in [0.2, 0.25) is 0 Å². The largest absolute Gasteiger partial charge is 0.390 e. The van der Waals surface area contributed by atoms with Crippen LogP contribution in [0.15, 0.2) is 23.0 Å². The van der Waals surface area contributed by atoms with Crippen molar-refractivity contribution in [1.82, 2.24) is 9.97 Å². The van der Waals surface area contributed by atoms with Gasteiger partial charge in [0.05, 0.1) is 17.5 Å². The smallest absolute Gasteiger partial charge is 0.324 e. The zero-order valence-corrected chi connectivity index (χ0v) is 8.64. The molecule has 1 aromatic carbocycles. The molecule has 1 aromatic heterocycles. The van der Waals surface area contributed by atoms with Crippen molar-refractivity contribution in [2.75, 3.05) is 0 Å². The molecule has 0 bridgehead atoms. The minimum atomic E-state index is -4.31. The van der Waals surface area contributed by atoms with Gasteiger partial charge in [-0.2, -0.15) is 13.2 Å². The van der Waals surface area contributed by atoms with Crippen LogP contribution in [0.4, 0.5) is 13.2 Å². The first-order valence-electron chi connectivity index (χ1n) is 4.89. The first-order valence-corrected chi connectivity index (χ1v) is 4.89. The van der Waals surface area contributed by atoms with Crippen molar-refractivity contribution >= 4 is 11.0 Å². The van der Waals surface area contributed by atoms with Gasteiger partial charge in [0.2, 0.25) is 0 Å². The number of rotatable bonds is 2. The van der Waals surface area contributed by atoms with Gasteiger partial charge in [-0.1, -0.05) is 6.07 Å². The maximum atomic E-state index is 12.2. The van der Waals surface area contributed by atoms with Gasteiger partial charge in [0.15, 0.2) is 0 Å². The van der Waals surface area contributed by atoms with Crippen molar-refractivity contribution in [3.8, 4) is 0 Å². The molecule has 17 heavy (non-hydrogen) atoms. The number of benzene rings is 1. The molecule has 0 saturated carbocycles. The van der Waals surface area contributed by atoms with E-state index in [1.807, 2.05) is 0 Å². The molecule has 0 amide bonds. The summed E-state index contributed by atoms with van der Waals surface area (Å²) in [5.74, 6) is 0. The predicted molar refractivity (Wildman–Crippen MR) is 56.5 cm³/mol. The number of alkyl halides is 3. The molecule has 7 heteroatoms. The lowest BCUT2D eigenvalue weighted by molar-refractivity contribution is -0.138. The van der Waals surface area contributed by atoms with Crippen LogP contribution in [0.5, 0.6) is 0 Å². The van der Waals surface area contributed by atoms with E-state index in [-0.39, 0.29) is 0 Å². The van der Waals surface area contributed by atoms with E-state index in [2.05, 4.69) is 9.97 Å². The highest BCUT2D eigenvalue weighted by Crippen LogP contribution is 2.28. The van der Waals surface area contributed by atoms with Crippen LogP contribution in [0, 0.1) is 0 Å². The van der Waals surface area contributed by atoms with Gasteiger partial charge in [-0.25, -0.2) is 4.79 Å². The number of halogens is 3. The van der Waals surface area contributed by atoms with E-state index in [0.29, 0.717) is 16.6 Å². The first kappa shape index (κ1) is 11.7. The molecule has 4 N–H and O–H groups in total. The molecule has 92 valence electrons. The van der Waals surface area contributed by atoms with E-state index in [4.69, 9.17) is 5.73 Å². The molecule has 0 radical (unpaired) electrons. The third-order valence-corrected chi connectivity index (χ3v) is 2.42. The number of fused-ring (bicyclic) bond motifs is 1. The second kappa shape index (κ2) is 3.92. The molecule has 4 nitrogen and oxygen atoms in total. The Bertz CT molecular complexity index is 584. The minimum Gasteiger partial charge on any atom is -0.324 e. The van der Waals surface area contributed by atoms with Gasteiger partial charge in [0, 0.05) is 6.04 Å². The lowest BCUT2D eigenvalue weighted by atomic mass is 10.0. The summed E-state index contributed by atoms with van der Waals surface area (Å²) >= 11 is 0. The molecular weight excluding hydrogens is 235 g/mol. The Kier molecular flexibility index (Phi) is 2.70.